The van der Waals surface area contributed by atoms with E-state index in [4.69, 9.17) is 14.6 Å². The van der Waals surface area contributed by atoms with Gasteiger partial charge in [-0.05, 0) is 85.5 Å². The van der Waals surface area contributed by atoms with Gasteiger partial charge in [-0.25, -0.2) is 4.68 Å². The molecule has 9 heteroatoms. The molecule has 0 unspecified atom stereocenters. The molecule has 0 N–H and O–H groups in total. The van der Waals surface area contributed by atoms with Crippen LogP contribution in [0.25, 0.3) is 39.4 Å². The van der Waals surface area contributed by atoms with Gasteiger partial charge in [0.25, 0.3) is 5.56 Å². The van der Waals surface area contributed by atoms with Crippen LogP contribution < -0.4 is 19.6 Å². The first-order valence-corrected chi connectivity index (χ1v) is 16.3. The molecule has 0 saturated carbocycles. The Balaban J connectivity index is 1.29. The maximum Gasteiger partial charge on any atom is 0.291 e. The predicted molar refractivity (Wildman–Crippen MR) is 180 cm³/mol. The molecule has 0 radical (unpaired) electrons. The number of hydrogen-bond acceptors (Lipinski definition) is 7. The van der Waals surface area contributed by atoms with E-state index < -0.39 is 0 Å². The summed E-state index contributed by atoms with van der Waals surface area (Å²) in [6.07, 6.45) is 8.18. The number of benzene rings is 3. The number of rotatable bonds is 13. The summed E-state index contributed by atoms with van der Waals surface area (Å²) in [6, 6.07) is 25.6. The zero-order valence-electron chi connectivity index (χ0n) is 25.8. The maximum atomic E-state index is 13.5. The van der Waals surface area contributed by atoms with E-state index in [1.165, 1.54) is 15.9 Å². The minimum absolute atomic E-state index is 0.211. The van der Waals surface area contributed by atoms with E-state index in [9.17, 15) is 4.79 Å². The Hall–Kier alpha value is -4.76. The third-order valence-electron chi connectivity index (χ3n) is 7.45. The SMILES string of the molecule is CCCCCOc1ccc(-c2nc3sc(=Cc4cn(-c5ccccc5)nc4-c4ccc(OCCC(C)C)cc4)c(=O)n3n2)cc1. The lowest BCUT2D eigenvalue weighted by Gasteiger charge is -2.08. The Bertz CT molecular complexity index is 1960. The Kier molecular flexibility index (Phi) is 9.35. The standard InChI is InChI=1S/C36H37N5O3S/c1-4-5-9-21-43-30-18-14-27(15-19-30)34-37-36-41(39-34)35(42)32(45-36)23-28-24-40(29-10-7-6-8-11-29)38-33(28)26-12-16-31(17-13-26)44-22-20-25(2)3/h6-8,10-19,23-25H,4-5,9,20-22H2,1-3H3. The number of unbranched alkanes of at least 4 members (excludes halogenated alkanes) is 2. The molecule has 0 spiro atoms. The second kappa shape index (κ2) is 13.9. The third kappa shape index (κ3) is 7.15. The lowest BCUT2D eigenvalue weighted by atomic mass is 10.1. The minimum Gasteiger partial charge on any atom is -0.494 e. The van der Waals surface area contributed by atoms with Crippen molar-refractivity contribution >= 4 is 22.4 Å². The van der Waals surface area contributed by atoms with Crippen LogP contribution in [0.5, 0.6) is 11.5 Å². The number of nitrogens with zero attached hydrogens (tertiary/aromatic N) is 5. The zero-order valence-corrected chi connectivity index (χ0v) is 26.7. The first-order valence-electron chi connectivity index (χ1n) is 15.5. The van der Waals surface area contributed by atoms with Crippen LogP contribution in [0.15, 0.2) is 89.9 Å². The van der Waals surface area contributed by atoms with Gasteiger partial charge < -0.3 is 9.47 Å². The van der Waals surface area contributed by atoms with E-state index in [1.807, 2.05) is 95.8 Å². The molecule has 0 bridgehead atoms. The van der Waals surface area contributed by atoms with Gasteiger partial charge in [-0.1, -0.05) is 63.1 Å². The number of ether oxygens (including phenoxy) is 2. The summed E-state index contributed by atoms with van der Waals surface area (Å²) in [6.45, 7) is 7.93. The largest absolute Gasteiger partial charge is 0.494 e. The molecule has 0 amide bonds. The second-order valence-corrected chi connectivity index (χ2v) is 12.4. The Morgan fingerprint density at radius 2 is 1.53 bits per heavy atom. The number of aromatic nitrogens is 5. The number of thiazole rings is 1. The van der Waals surface area contributed by atoms with E-state index in [-0.39, 0.29) is 5.56 Å². The Labute approximate surface area is 266 Å². The normalized spacial score (nSPS) is 12.0. The highest BCUT2D eigenvalue weighted by Gasteiger charge is 2.15. The maximum absolute atomic E-state index is 13.5. The monoisotopic (exact) mass is 619 g/mol. The van der Waals surface area contributed by atoms with Crippen LogP contribution in [0.2, 0.25) is 0 Å². The first kappa shape index (κ1) is 30.3. The van der Waals surface area contributed by atoms with Gasteiger partial charge in [0.1, 0.15) is 17.2 Å². The topological polar surface area (TPSA) is 83.5 Å². The van der Waals surface area contributed by atoms with Crippen LogP contribution in [0.3, 0.4) is 0 Å². The molecular weight excluding hydrogens is 582 g/mol. The van der Waals surface area contributed by atoms with Crippen LogP contribution in [-0.2, 0) is 0 Å². The van der Waals surface area contributed by atoms with Crippen LogP contribution in [0, 0.1) is 5.92 Å². The van der Waals surface area contributed by atoms with Crippen LogP contribution in [-0.4, -0.2) is 37.6 Å². The minimum atomic E-state index is -0.211. The van der Waals surface area contributed by atoms with Gasteiger partial charge in [0.05, 0.1) is 23.4 Å². The number of fused-ring (bicyclic) bond motifs is 1. The van der Waals surface area contributed by atoms with Crippen molar-refractivity contribution in [3.63, 3.8) is 0 Å². The zero-order chi connectivity index (χ0) is 31.2. The van der Waals surface area contributed by atoms with Crippen molar-refractivity contribution in [1.29, 1.82) is 0 Å². The Morgan fingerprint density at radius 1 is 0.844 bits per heavy atom. The average molecular weight is 620 g/mol. The van der Waals surface area contributed by atoms with Crippen LogP contribution >= 0.6 is 11.3 Å². The van der Waals surface area contributed by atoms with Crippen molar-refractivity contribution < 1.29 is 9.47 Å². The van der Waals surface area contributed by atoms with Gasteiger partial charge in [-0.15, -0.1) is 5.10 Å². The molecule has 0 aliphatic heterocycles. The van der Waals surface area contributed by atoms with Gasteiger partial charge in [0.2, 0.25) is 4.96 Å². The second-order valence-electron chi connectivity index (χ2n) is 11.4. The van der Waals surface area contributed by atoms with Crippen molar-refractivity contribution in [1.82, 2.24) is 24.4 Å². The molecule has 6 rings (SSSR count). The molecule has 0 atom stereocenters. The first-order chi connectivity index (χ1) is 22.0. The van der Waals surface area contributed by atoms with E-state index in [0.29, 0.717) is 34.4 Å². The van der Waals surface area contributed by atoms with Crippen molar-refractivity contribution in [2.24, 2.45) is 5.92 Å². The predicted octanol–water partition coefficient (Wildman–Crippen LogP) is 7.21. The lowest BCUT2D eigenvalue weighted by Crippen LogP contribution is -2.23. The van der Waals surface area contributed by atoms with E-state index >= 15 is 0 Å². The van der Waals surface area contributed by atoms with E-state index in [0.717, 1.165) is 65.3 Å². The summed E-state index contributed by atoms with van der Waals surface area (Å²) >= 11 is 1.32. The molecule has 230 valence electrons. The summed E-state index contributed by atoms with van der Waals surface area (Å²) in [4.78, 5) is 18.7. The van der Waals surface area contributed by atoms with Crippen molar-refractivity contribution in [3.05, 3.63) is 106 Å². The fourth-order valence-corrected chi connectivity index (χ4v) is 5.79. The van der Waals surface area contributed by atoms with Crippen molar-refractivity contribution in [2.75, 3.05) is 13.2 Å². The van der Waals surface area contributed by atoms with Gasteiger partial charge in [0.15, 0.2) is 5.82 Å². The lowest BCUT2D eigenvalue weighted by molar-refractivity contribution is 0.289. The molecule has 3 aromatic heterocycles. The van der Waals surface area contributed by atoms with E-state index in [2.05, 4.69) is 30.9 Å². The molecular formula is C36H37N5O3S. The highest BCUT2D eigenvalue weighted by molar-refractivity contribution is 7.15. The number of para-hydroxylation sites is 1. The summed E-state index contributed by atoms with van der Waals surface area (Å²) in [5.74, 6) is 2.74. The molecule has 3 heterocycles. The summed E-state index contributed by atoms with van der Waals surface area (Å²) in [5.41, 5.74) is 4.07. The highest BCUT2D eigenvalue weighted by atomic mass is 32.1. The van der Waals surface area contributed by atoms with Gasteiger partial charge in [-0.3, -0.25) is 4.79 Å². The highest BCUT2D eigenvalue weighted by Crippen LogP contribution is 2.27. The molecule has 0 aliphatic rings. The molecule has 3 aromatic carbocycles. The third-order valence-corrected chi connectivity index (χ3v) is 8.41. The molecule has 8 nitrogen and oxygen atoms in total. The van der Waals surface area contributed by atoms with Crippen molar-refractivity contribution in [3.8, 4) is 39.8 Å². The molecule has 45 heavy (non-hydrogen) atoms. The molecule has 0 saturated heterocycles. The Morgan fingerprint density at radius 3 is 2.20 bits per heavy atom. The van der Waals surface area contributed by atoms with Gasteiger partial charge >= 0.3 is 0 Å². The van der Waals surface area contributed by atoms with Gasteiger partial charge in [-0.2, -0.15) is 14.6 Å². The summed E-state index contributed by atoms with van der Waals surface area (Å²) < 4.78 is 15.5. The van der Waals surface area contributed by atoms with Gasteiger partial charge in [0, 0.05) is 22.9 Å². The summed E-state index contributed by atoms with van der Waals surface area (Å²) in [7, 11) is 0. The fourth-order valence-electron chi connectivity index (χ4n) is 4.89. The summed E-state index contributed by atoms with van der Waals surface area (Å²) in [5, 5.41) is 9.47. The fraction of sp³-hybridized carbons (Fsp3) is 0.278. The van der Waals surface area contributed by atoms with E-state index in [1.54, 1.807) is 0 Å². The van der Waals surface area contributed by atoms with Crippen LogP contribution in [0.1, 0.15) is 52.0 Å². The molecule has 6 aromatic rings. The quantitative estimate of drug-likeness (QED) is 0.127. The molecule has 0 fully saturated rings. The van der Waals surface area contributed by atoms with Crippen molar-refractivity contribution in [2.45, 2.75) is 46.5 Å². The molecule has 0 aliphatic carbocycles. The number of hydrogen-bond donors (Lipinski definition) is 0. The smallest absolute Gasteiger partial charge is 0.291 e. The van der Waals surface area contributed by atoms with Crippen LogP contribution in [0.4, 0.5) is 0 Å². The average Bonchev–Trinajstić information content (AvgIpc) is 3.75.